The van der Waals surface area contributed by atoms with Gasteiger partial charge in [0.05, 0.1) is 5.52 Å². The second kappa shape index (κ2) is 3.78. The number of benzene rings is 1. The minimum atomic E-state index is 0.214. The lowest BCUT2D eigenvalue weighted by atomic mass is 10.0. The molecule has 0 fully saturated rings. The molecule has 0 aliphatic rings. The quantitative estimate of drug-likeness (QED) is 0.755. The Hall–Kier alpha value is -1.57. The van der Waals surface area contributed by atoms with Gasteiger partial charge in [0.2, 0.25) is 0 Å². The Labute approximate surface area is 95.9 Å². The largest absolute Gasteiger partial charge is 0.350 e. The summed E-state index contributed by atoms with van der Waals surface area (Å²) >= 11 is 0. The predicted molar refractivity (Wildman–Crippen MR) is 66.8 cm³/mol. The van der Waals surface area contributed by atoms with Crippen molar-refractivity contribution in [1.29, 1.82) is 0 Å². The summed E-state index contributed by atoms with van der Waals surface area (Å²) in [4.78, 5) is 11.2. The number of nitrogens with zero attached hydrogens (tertiary/aromatic N) is 1. The van der Waals surface area contributed by atoms with Gasteiger partial charge in [-0.05, 0) is 37.5 Å². The highest BCUT2D eigenvalue weighted by molar-refractivity contribution is 5.91. The molecule has 0 bridgehead atoms. The van der Waals surface area contributed by atoms with Crippen molar-refractivity contribution in [2.75, 3.05) is 0 Å². The summed E-state index contributed by atoms with van der Waals surface area (Å²) in [6, 6.07) is 4.25. The van der Waals surface area contributed by atoms with Crippen molar-refractivity contribution in [3.8, 4) is 0 Å². The van der Waals surface area contributed by atoms with Crippen molar-refractivity contribution in [2.45, 2.75) is 27.2 Å². The maximum atomic E-state index is 11.2. The van der Waals surface area contributed by atoms with E-state index in [0.29, 0.717) is 6.42 Å². The second-order valence-corrected chi connectivity index (χ2v) is 4.55. The van der Waals surface area contributed by atoms with Crippen LogP contribution in [0.5, 0.6) is 0 Å². The molecule has 1 aromatic carbocycles. The molecule has 84 valence electrons. The number of carbonyl (C=O) groups is 1. The fourth-order valence-corrected chi connectivity index (χ4v) is 2.29. The normalized spacial score (nSPS) is 11.0. The first-order valence-corrected chi connectivity index (χ1v) is 5.54. The van der Waals surface area contributed by atoms with E-state index in [-0.39, 0.29) is 5.78 Å². The molecule has 0 saturated heterocycles. The van der Waals surface area contributed by atoms with Gasteiger partial charge in [-0.25, -0.2) is 0 Å². The average Bonchev–Trinajstić information content (AvgIpc) is 2.49. The summed E-state index contributed by atoms with van der Waals surface area (Å²) in [6.07, 6.45) is 2.60. The molecule has 0 aliphatic heterocycles. The van der Waals surface area contributed by atoms with Crippen molar-refractivity contribution in [3.63, 3.8) is 0 Å². The van der Waals surface area contributed by atoms with Crippen LogP contribution in [0.1, 0.15) is 23.6 Å². The van der Waals surface area contributed by atoms with Crippen LogP contribution in [0.2, 0.25) is 0 Å². The van der Waals surface area contributed by atoms with E-state index in [1.165, 1.54) is 22.0 Å². The van der Waals surface area contributed by atoms with Gasteiger partial charge in [-0.2, -0.15) is 0 Å². The van der Waals surface area contributed by atoms with Crippen LogP contribution < -0.4 is 0 Å². The summed E-state index contributed by atoms with van der Waals surface area (Å²) in [7, 11) is 2.04. The van der Waals surface area contributed by atoms with Crippen LogP contribution in [0.15, 0.2) is 18.3 Å². The first kappa shape index (κ1) is 10.9. The van der Waals surface area contributed by atoms with Gasteiger partial charge in [0, 0.05) is 25.1 Å². The second-order valence-electron chi connectivity index (χ2n) is 4.55. The van der Waals surface area contributed by atoms with E-state index in [1.54, 1.807) is 6.92 Å². The van der Waals surface area contributed by atoms with Crippen molar-refractivity contribution in [2.24, 2.45) is 7.05 Å². The van der Waals surface area contributed by atoms with Gasteiger partial charge in [-0.15, -0.1) is 0 Å². The van der Waals surface area contributed by atoms with Crippen LogP contribution in [0.4, 0.5) is 0 Å². The maximum absolute atomic E-state index is 11.2. The summed E-state index contributed by atoms with van der Waals surface area (Å²) in [5.74, 6) is 0.214. The Morgan fingerprint density at radius 1 is 1.31 bits per heavy atom. The van der Waals surface area contributed by atoms with E-state index >= 15 is 0 Å². The molecule has 0 radical (unpaired) electrons. The van der Waals surface area contributed by atoms with Crippen molar-refractivity contribution in [3.05, 3.63) is 35.0 Å². The Kier molecular flexibility index (Phi) is 2.58. The monoisotopic (exact) mass is 215 g/mol. The van der Waals surface area contributed by atoms with Crippen LogP contribution in [-0.2, 0) is 18.3 Å². The topological polar surface area (TPSA) is 22.0 Å². The highest BCUT2D eigenvalue weighted by Crippen LogP contribution is 2.26. The van der Waals surface area contributed by atoms with Gasteiger partial charge in [0.15, 0.2) is 0 Å². The molecule has 1 aromatic heterocycles. The average molecular weight is 215 g/mol. The highest BCUT2D eigenvalue weighted by Gasteiger charge is 2.10. The van der Waals surface area contributed by atoms with Crippen LogP contribution in [0.25, 0.3) is 10.9 Å². The molecular formula is C14H17NO. The van der Waals surface area contributed by atoms with Gasteiger partial charge in [-0.1, -0.05) is 12.1 Å². The Bertz CT molecular complexity index is 564. The molecule has 2 nitrogen and oxygen atoms in total. The Balaban J connectivity index is 2.72. The van der Waals surface area contributed by atoms with E-state index in [9.17, 15) is 4.79 Å². The molecule has 2 aromatic rings. The third-order valence-electron chi connectivity index (χ3n) is 3.19. The molecular weight excluding hydrogens is 198 g/mol. The number of fused-ring (bicyclic) bond motifs is 1. The predicted octanol–water partition coefficient (Wildman–Crippen LogP) is 2.93. The van der Waals surface area contributed by atoms with Crippen LogP contribution in [-0.4, -0.2) is 10.4 Å². The van der Waals surface area contributed by atoms with E-state index in [1.807, 2.05) is 7.05 Å². The molecule has 0 atom stereocenters. The lowest BCUT2D eigenvalue weighted by molar-refractivity contribution is -0.116. The number of hydrogen-bond acceptors (Lipinski definition) is 1. The molecule has 2 heteroatoms. The molecule has 0 saturated carbocycles. The first-order chi connectivity index (χ1) is 7.50. The molecule has 2 rings (SSSR count). The zero-order valence-corrected chi connectivity index (χ0v) is 10.3. The van der Waals surface area contributed by atoms with Crippen LogP contribution in [0.3, 0.4) is 0 Å². The smallest absolute Gasteiger partial charge is 0.134 e. The van der Waals surface area contributed by atoms with Crippen molar-refractivity contribution >= 4 is 16.7 Å². The zero-order valence-electron chi connectivity index (χ0n) is 10.3. The highest BCUT2D eigenvalue weighted by atomic mass is 16.1. The molecule has 0 amide bonds. The van der Waals surface area contributed by atoms with E-state index in [2.05, 4.69) is 36.7 Å². The number of aromatic nitrogens is 1. The van der Waals surface area contributed by atoms with E-state index in [0.717, 1.165) is 5.56 Å². The van der Waals surface area contributed by atoms with Crippen molar-refractivity contribution < 1.29 is 4.79 Å². The van der Waals surface area contributed by atoms with Gasteiger partial charge in [0.1, 0.15) is 5.78 Å². The number of hydrogen-bond donors (Lipinski definition) is 0. The zero-order chi connectivity index (χ0) is 11.9. The van der Waals surface area contributed by atoms with Crippen LogP contribution in [0, 0.1) is 13.8 Å². The number of aryl methyl sites for hydroxylation is 3. The van der Waals surface area contributed by atoms with Gasteiger partial charge >= 0.3 is 0 Å². The summed E-state index contributed by atoms with van der Waals surface area (Å²) in [5.41, 5.74) is 4.97. The Morgan fingerprint density at radius 3 is 2.62 bits per heavy atom. The number of carbonyl (C=O) groups excluding carboxylic acids is 1. The van der Waals surface area contributed by atoms with E-state index in [4.69, 9.17) is 0 Å². The molecule has 0 spiro atoms. The molecule has 0 N–H and O–H groups in total. The summed E-state index contributed by atoms with van der Waals surface area (Å²) in [5, 5.41) is 1.21. The number of rotatable bonds is 2. The number of Topliss-reactive ketones (excluding diaryl/α,β-unsaturated/α-hetero) is 1. The first-order valence-electron chi connectivity index (χ1n) is 5.54. The van der Waals surface area contributed by atoms with Crippen molar-refractivity contribution in [1.82, 2.24) is 4.57 Å². The summed E-state index contributed by atoms with van der Waals surface area (Å²) in [6.45, 7) is 5.89. The SMILES string of the molecule is CC(=O)Cc1cn(C)c2c(C)c(C)ccc12. The number of ketones is 1. The molecule has 0 aliphatic carbocycles. The van der Waals surface area contributed by atoms with E-state index < -0.39 is 0 Å². The fraction of sp³-hybridized carbons (Fsp3) is 0.357. The van der Waals surface area contributed by atoms with Crippen LogP contribution >= 0.6 is 0 Å². The van der Waals surface area contributed by atoms with Gasteiger partial charge in [0.25, 0.3) is 0 Å². The lowest BCUT2D eigenvalue weighted by Crippen LogP contribution is -1.94. The summed E-state index contributed by atoms with van der Waals surface area (Å²) < 4.78 is 2.12. The standard InChI is InChI=1S/C14H17NO/c1-9-5-6-13-12(7-10(2)16)8-15(4)14(13)11(9)3/h5-6,8H,7H2,1-4H3. The Morgan fingerprint density at radius 2 is 2.00 bits per heavy atom. The minimum absolute atomic E-state index is 0.214. The molecule has 0 unspecified atom stereocenters. The molecule has 16 heavy (non-hydrogen) atoms. The maximum Gasteiger partial charge on any atom is 0.134 e. The third kappa shape index (κ3) is 1.64. The third-order valence-corrected chi connectivity index (χ3v) is 3.19. The molecule has 1 heterocycles. The van der Waals surface area contributed by atoms with Gasteiger partial charge in [-0.3, -0.25) is 4.79 Å². The minimum Gasteiger partial charge on any atom is -0.350 e. The van der Waals surface area contributed by atoms with Gasteiger partial charge < -0.3 is 4.57 Å². The fourth-order valence-electron chi connectivity index (χ4n) is 2.29. The lowest BCUT2D eigenvalue weighted by Gasteiger charge is -2.04.